The molecule has 1 aliphatic heterocycles. The van der Waals surface area contributed by atoms with Crippen LogP contribution < -0.4 is 12.4 Å². The van der Waals surface area contributed by atoms with Crippen LogP contribution in [-0.4, -0.2) is 41.9 Å². The monoisotopic (exact) mass is 459 g/mol. The van der Waals surface area contributed by atoms with Crippen molar-refractivity contribution in [1.82, 2.24) is 9.80 Å². The predicted octanol–water partition coefficient (Wildman–Crippen LogP) is 2.54. The van der Waals surface area contributed by atoms with Crippen molar-refractivity contribution >= 4 is 29.1 Å². The maximum Gasteiger partial charge on any atom is 0.255 e. The summed E-state index contributed by atoms with van der Waals surface area (Å²) in [7, 11) is 0. The third-order valence-electron chi connectivity index (χ3n) is 5.36. The second-order valence-corrected chi connectivity index (χ2v) is 8.02. The van der Waals surface area contributed by atoms with Crippen molar-refractivity contribution in [2.24, 2.45) is 0 Å². The van der Waals surface area contributed by atoms with Crippen molar-refractivity contribution in [2.75, 3.05) is 26.2 Å². The minimum absolute atomic E-state index is 0. The molecule has 3 aromatic carbocycles. The molecule has 1 saturated heterocycles. The summed E-state index contributed by atoms with van der Waals surface area (Å²) in [6.45, 7) is 2.92. The first-order valence-electron chi connectivity index (χ1n) is 9.72. The van der Waals surface area contributed by atoms with Gasteiger partial charge in [0.1, 0.15) is 0 Å². The highest BCUT2D eigenvalue weighted by atomic mass is 35.5. The summed E-state index contributed by atoms with van der Waals surface area (Å²) in [5.74, 6) is -0.0395. The van der Waals surface area contributed by atoms with Crippen molar-refractivity contribution in [2.45, 2.75) is 6.04 Å². The number of hydrogen-bond acceptors (Lipinski definition) is 2. The predicted molar refractivity (Wildman–Crippen MR) is 119 cm³/mol. The summed E-state index contributed by atoms with van der Waals surface area (Å²) in [5, 5.41) is 0.932. The van der Waals surface area contributed by atoms with Crippen molar-refractivity contribution in [3.63, 3.8) is 0 Å². The van der Waals surface area contributed by atoms with E-state index in [1.54, 1.807) is 18.2 Å². The number of hydrogen-bond donors (Lipinski definition) is 0. The zero-order valence-electron chi connectivity index (χ0n) is 16.3. The van der Waals surface area contributed by atoms with Gasteiger partial charge in [0, 0.05) is 31.2 Å². The fourth-order valence-corrected chi connectivity index (χ4v) is 4.39. The smallest absolute Gasteiger partial charge is 0.255 e. The van der Waals surface area contributed by atoms with Gasteiger partial charge in [-0.2, -0.15) is 0 Å². The van der Waals surface area contributed by atoms with Crippen LogP contribution >= 0.6 is 23.2 Å². The van der Waals surface area contributed by atoms with Crippen LogP contribution in [0.25, 0.3) is 0 Å². The number of rotatable bonds is 4. The quantitative estimate of drug-likeness (QED) is 0.597. The summed E-state index contributed by atoms with van der Waals surface area (Å²) in [6, 6.07) is 26.3. The Balaban J connectivity index is 0.00000256. The third-order valence-corrected chi connectivity index (χ3v) is 5.91. The van der Waals surface area contributed by atoms with Crippen LogP contribution in [0.1, 0.15) is 27.5 Å². The molecule has 156 valence electrons. The molecule has 4 rings (SSSR count). The zero-order valence-corrected chi connectivity index (χ0v) is 18.6. The zero-order chi connectivity index (χ0) is 20.2. The summed E-state index contributed by atoms with van der Waals surface area (Å²) >= 11 is 12.2. The van der Waals surface area contributed by atoms with Crippen LogP contribution in [-0.2, 0) is 0 Å². The van der Waals surface area contributed by atoms with Crippen LogP contribution in [0.5, 0.6) is 0 Å². The van der Waals surface area contributed by atoms with E-state index < -0.39 is 0 Å². The van der Waals surface area contributed by atoms with Gasteiger partial charge in [0.15, 0.2) is 0 Å². The molecule has 1 aliphatic rings. The fraction of sp³-hybridized carbons (Fsp3) is 0.208. The minimum atomic E-state index is -0.0395. The van der Waals surface area contributed by atoms with Gasteiger partial charge in [0.25, 0.3) is 5.91 Å². The highest BCUT2D eigenvalue weighted by Gasteiger charge is 2.29. The third kappa shape index (κ3) is 4.98. The molecule has 3 aromatic rings. The van der Waals surface area contributed by atoms with Crippen molar-refractivity contribution < 1.29 is 17.2 Å². The van der Waals surface area contributed by atoms with Gasteiger partial charge in [-0.25, -0.2) is 0 Å². The molecule has 0 aromatic heterocycles. The Hall–Kier alpha value is -2.04. The number of halogens is 3. The average Bonchev–Trinajstić information content (AvgIpc) is 2.76. The molecular formula is C24H22Cl3N2O-. The Labute approximate surface area is 193 Å². The molecule has 3 nitrogen and oxygen atoms in total. The molecule has 1 heterocycles. The molecule has 30 heavy (non-hydrogen) atoms. The maximum atomic E-state index is 12.9. The number of benzene rings is 3. The number of nitrogens with zero attached hydrogens (tertiary/aromatic N) is 2. The molecule has 0 atom stereocenters. The first kappa shape index (κ1) is 22.6. The first-order valence-corrected chi connectivity index (χ1v) is 10.5. The van der Waals surface area contributed by atoms with E-state index in [4.69, 9.17) is 23.2 Å². The lowest BCUT2D eigenvalue weighted by molar-refractivity contribution is -0.0000165. The Morgan fingerprint density at radius 2 is 1.30 bits per heavy atom. The highest BCUT2D eigenvalue weighted by molar-refractivity contribution is 6.36. The molecule has 1 amide bonds. The molecule has 0 radical (unpaired) electrons. The molecule has 0 bridgehead atoms. The lowest BCUT2D eigenvalue weighted by Gasteiger charge is -2.40. The molecule has 0 aliphatic carbocycles. The second-order valence-electron chi connectivity index (χ2n) is 7.18. The normalized spacial score (nSPS) is 14.4. The largest absolute Gasteiger partial charge is 1.00 e. The number of amides is 1. The van der Waals surface area contributed by atoms with Crippen LogP contribution in [0.2, 0.25) is 10.0 Å². The Bertz CT molecular complexity index is 935. The van der Waals surface area contributed by atoms with Crippen LogP contribution in [0.4, 0.5) is 0 Å². The van der Waals surface area contributed by atoms with Crippen LogP contribution in [0, 0.1) is 0 Å². The van der Waals surface area contributed by atoms with Crippen molar-refractivity contribution in [3.8, 4) is 0 Å². The lowest BCUT2D eigenvalue weighted by atomic mass is 9.96. The van der Waals surface area contributed by atoms with Gasteiger partial charge in [0.2, 0.25) is 0 Å². The van der Waals surface area contributed by atoms with E-state index in [0.29, 0.717) is 28.7 Å². The van der Waals surface area contributed by atoms with Gasteiger partial charge in [-0.05, 0) is 29.3 Å². The van der Waals surface area contributed by atoms with E-state index in [2.05, 4.69) is 53.4 Å². The minimum Gasteiger partial charge on any atom is -1.00 e. The highest BCUT2D eigenvalue weighted by Crippen LogP contribution is 2.30. The molecular weight excluding hydrogens is 439 g/mol. The molecule has 0 N–H and O–H groups in total. The summed E-state index contributed by atoms with van der Waals surface area (Å²) < 4.78 is 0. The molecule has 0 spiro atoms. The van der Waals surface area contributed by atoms with Crippen LogP contribution in [0.3, 0.4) is 0 Å². The van der Waals surface area contributed by atoms with E-state index >= 15 is 0 Å². The number of carbonyl (C=O) groups is 1. The SMILES string of the molecule is O=C(c1ccc(Cl)cc1Cl)N1CCN(C(c2ccccc2)c2ccccc2)CC1.[Cl-]. The summed E-state index contributed by atoms with van der Waals surface area (Å²) in [5.41, 5.74) is 3.03. The molecule has 0 unspecified atom stereocenters. The number of carbonyl (C=O) groups excluding carboxylic acids is 1. The van der Waals surface area contributed by atoms with Gasteiger partial charge in [0.05, 0.1) is 16.6 Å². The standard InChI is InChI=1S/C24H22Cl2N2O.ClH/c25-20-11-12-21(22(26)17-20)24(29)28-15-13-27(14-16-28)23(18-7-3-1-4-8-18)19-9-5-2-6-10-19;/h1-12,17,23H,13-16H2;1H/p-1. The Kier molecular flexibility index (Phi) is 7.79. The second kappa shape index (κ2) is 10.3. The lowest BCUT2D eigenvalue weighted by Crippen LogP contribution is -3.00. The van der Waals surface area contributed by atoms with Crippen LogP contribution in [0.15, 0.2) is 78.9 Å². The van der Waals surface area contributed by atoms with Gasteiger partial charge >= 0.3 is 0 Å². The van der Waals surface area contributed by atoms with E-state index in [1.165, 1.54) is 11.1 Å². The van der Waals surface area contributed by atoms with Gasteiger partial charge in [-0.15, -0.1) is 0 Å². The molecule has 6 heteroatoms. The van der Waals surface area contributed by atoms with E-state index in [9.17, 15) is 4.79 Å². The average molecular weight is 461 g/mol. The van der Waals surface area contributed by atoms with Gasteiger partial charge in [-0.3, -0.25) is 9.69 Å². The van der Waals surface area contributed by atoms with Crippen molar-refractivity contribution in [1.29, 1.82) is 0 Å². The summed E-state index contributed by atoms with van der Waals surface area (Å²) in [6.07, 6.45) is 0. The van der Waals surface area contributed by atoms with E-state index in [0.717, 1.165) is 13.1 Å². The van der Waals surface area contributed by atoms with E-state index in [-0.39, 0.29) is 24.4 Å². The topological polar surface area (TPSA) is 23.6 Å². The Morgan fingerprint density at radius 3 is 1.80 bits per heavy atom. The summed E-state index contributed by atoms with van der Waals surface area (Å²) in [4.78, 5) is 17.2. The number of piperazine rings is 1. The van der Waals surface area contributed by atoms with Gasteiger partial charge in [-0.1, -0.05) is 83.9 Å². The van der Waals surface area contributed by atoms with Gasteiger partial charge < -0.3 is 17.3 Å². The Morgan fingerprint density at radius 1 is 0.767 bits per heavy atom. The molecule has 1 fully saturated rings. The van der Waals surface area contributed by atoms with Crippen molar-refractivity contribution in [3.05, 3.63) is 106 Å². The molecule has 0 saturated carbocycles. The fourth-order valence-electron chi connectivity index (χ4n) is 3.90. The van der Waals surface area contributed by atoms with E-state index in [1.807, 2.05) is 17.0 Å². The first-order chi connectivity index (χ1) is 14.1. The maximum absolute atomic E-state index is 12.9.